The fraction of sp³-hybridized carbons (Fsp3) is 0.524. The number of benzene rings is 1. The molecule has 24 heavy (non-hydrogen) atoms. The number of ether oxygens (including phenoxy) is 1. The molecule has 3 heteroatoms. The molecule has 0 radical (unpaired) electrons. The third-order valence-corrected chi connectivity index (χ3v) is 5.16. The topological polar surface area (TPSA) is 34.4 Å². The van der Waals surface area contributed by atoms with Gasteiger partial charge in [-0.15, -0.1) is 0 Å². The van der Waals surface area contributed by atoms with E-state index in [1.54, 1.807) is 6.26 Å². The molecular weight excluding hydrogens is 298 g/mol. The Kier molecular flexibility index (Phi) is 5.12. The molecule has 0 bridgehead atoms. The summed E-state index contributed by atoms with van der Waals surface area (Å²) in [4.78, 5) is 0. The summed E-state index contributed by atoms with van der Waals surface area (Å²) < 4.78 is 11.4. The molecule has 3 nitrogen and oxygen atoms in total. The minimum absolute atomic E-state index is 0.0653. The third kappa shape index (κ3) is 4.08. The Balaban J connectivity index is 1.71. The van der Waals surface area contributed by atoms with Gasteiger partial charge in [0, 0.05) is 12.0 Å². The molecule has 1 unspecified atom stereocenters. The molecule has 0 amide bonds. The molecule has 1 atom stereocenters. The molecule has 1 aromatic heterocycles. The highest BCUT2D eigenvalue weighted by atomic mass is 16.5. The minimum Gasteiger partial charge on any atom is -0.468 e. The van der Waals surface area contributed by atoms with Crippen molar-refractivity contribution in [2.75, 3.05) is 13.2 Å². The molecule has 0 spiro atoms. The SMILES string of the molecule is Cc1ccc(C2(CCNCc3ccco3)CCOC(C)(C)C2)cc1. The van der Waals surface area contributed by atoms with E-state index in [1.807, 2.05) is 12.1 Å². The monoisotopic (exact) mass is 327 g/mol. The largest absolute Gasteiger partial charge is 0.468 e. The second-order valence-corrected chi connectivity index (χ2v) is 7.69. The van der Waals surface area contributed by atoms with Crippen molar-refractivity contribution in [1.82, 2.24) is 5.32 Å². The van der Waals surface area contributed by atoms with Crippen LogP contribution in [0.5, 0.6) is 0 Å². The zero-order valence-corrected chi connectivity index (χ0v) is 15.1. The molecule has 1 saturated heterocycles. The zero-order valence-electron chi connectivity index (χ0n) is 15.1. The van der Waals surface area contributed by atoms with Gasteiger partial charge in [-0.2, -0.15) is 0 Å². The lowest BCUT2D eigenvalue weighted by Crippen LogP contribution is -2.45. The van der Waals surface area contributed by atoms with Gasteiger partial charge in [0.05, 0.1) is 18.4 Å². The molecule has 2 heterocycles. The van der Waals surface area contributed by atoms with E-state index in [2.05, 4.69) is 50.4 Å². The van der Waals surface area contributed by atoms with Gasteiger partial charge in [-0.1, -0.05) is 29.8 Å². The van der Waals surface area contributed by atoms with Crippen LogP contribution in [-0.2, 0) is 16.7 Å². The summed E-state index contributed by atoms with van der Waals surface area (Å²) in [6, 6.07) is 13.0. The van der Waals surface area contributed by atoms with Gasteiger partial charge < -0.3 is 14.5 Å². The van der Waals surface area contributed by atoms with E-state index in [0.29, 0.717) is 0 Å². The van der Waals surface area contributed by atoms with Gasteiger partial charge in [0.2, 0.25) is 0 Å². The maximum Gasteiger partial charge on any atom is 0.117 e. The van der Waals surface area contributed by atoms with Crippen LogP contribution in [0.1, 0.15) is 50.0 Å². The lowest BCUT2D eigenvalue weighted by atomic mass is 9.67. The Hall–Kier alpha value is -1.58. The first kappa shape index (κ1) is 17.2. The van der Waals surface area contributed by atoms with Gasteiger partial charge in [-0.25, -0.2) is 0 Å². The summed E-state index contributed by atoms with van der Waals surface area (Å²) in [7, 11) is 0. The number of aryl methyl sites for hydroxylation is 1. The van der Waals surface area contributed by atoms with Crippen molar-refractivity contribution in [3.63, 3.8) is 0 Å². The van der Waals surface area contributed by atoms with Crippen LogP contribution >= 0.6 is 0 Å². The summed E-state index contributed by atoms with van der Waals surface area (Å²) in [5.74, 6) is 0.992. The number of rotatable bonds is 6. The number of furan rings is 1. The normalized spacial score (nSPS) is 23.3. The fourth-order valence-corrected chi connectivity index (χ4v) is 3.94. The van der Waals surface area contributed by atoms with Crippen molar-refractivity contribution < 1.29 is 9.15 Å². The summed E-state index contributed by atoms with van der Waals surface area (Å²) in [5.41, 5.74) is 2.89. The van der Waals surface area contributed by atoms with Crippen LogP contribution in [0.2, 0.25) is 0 Å². The van der Waals surface area contributed by atoms with Crippen LogP contribution in [0.15, 0.2) is 47.1 Å². The highest BCUT2D eigenvalue weighted by Crippen LogP contribution is 2.43. The number of hydrogen-bond acceptors (Lipinski definition) is 3. The predicted molar refractivity (Wildman–Crippen MR) is 97.2 cm³/mol. The first-order valence-electron chi connectivity index (χ1n) is 8.93. The van der Waals surface area contributed by atoms with E-state index in [0.717, 1.165) is 44.7 Å². The van der Waals surface area contributed by atoms with E-state index in [4.69, 9.17) is 9.15 Å². The van der Waals surface area contributed by atoms with Gasteiger partial charge in [0.1, 0.15) is 5.76 Å². The van der Waals surface area contributed by atoms with Gasteiger partial charge >= 0.3 is 0 Å². The predicted octanol–water partition coefficient (Wildman–Crippen LogP) is 4.59. The lowest BCUT2D eigenvalue weighted by molar-refractivity contribution is -0.0840. The maximum absolute atomic E-state index is 6.00. The van der Waals surface area contributed by atoms with E-state index in [9.17, 15) is 0 Å². The quantitative estimate of drug-likeness (QED) is 0.788. The van der Waals surface area contributed by atoms with Crippen molar-refractivity contribution in [2.24, 2.45) is 0 Å². The minimum atomic E-state index is -0.0653. The Labute approximate surface area is 145 Å². The molecule has 130 valence electrons. The Bertz CT molecular complexity index is 630. The van der Waals surface area contributed by atoms with Crippen LogP contribution in [-0.4, -0.2) is 18.8 Å². The van der Waals surface area contributed by atoms with Crippen LogP contribution in [0.3, 0.4) is 0 Å². The van der Waals surface area contributed by atoms with E-state index < -0.39 is 0 Å². The molecule has 1 aliphatic heterocycles. The molecule has 2 aromatic rings. The summed E-state index contributed by atoms with van der Waals surface area (Å²) in [6.45, 7) is 9.17. The van der Waals surface area contributed by atoms with Crippen LogP contribution in [0.4, 0.5) is 0 Å². The first-order valence-corrected chi connectivity index (χ1v) is 8.93. The molecule has 1 N–H and O–H groups in total. The second kappa shape index (κ2) is 7.12. The first-order chi connectivity index (χ1) is 11.5. The Morgan fingerprint density at radius 2 is 1.92 bits per heavy atom. The molecule has 1 aromatic carbocycles. The van der Waals surface area contributed by atoms with E-state index >= 15 is 0 Å². The van der Waals surface area contributed by atoms with Gasteiger partial charge in [0.15, 0.2) is 0 Å². The fourth-order valence-electron chi connectivity index (χ4n) is 3.94. The lowest BCUT2D eigenvalue weighted by Gasteiger charge is -2.45. The van der Waals surface area contributed by atoms with Gasteiger partial charge in [-0.3, -0.25) is 0 Å². The Morgan fingerprint density at radius 3 is 2.58 bits per heavy atom. The van der Waals surface area contributed by atoms with Gasteiger partial charge in [-0.05, 0) is 64.3 Å². The molecule has 1 aliphatic rings. The zero-order chi connectivity index (χ0) is 17.0. The molecular formula is C21H29NO2. The van der Waals surface area contributed by atoms with Crippen LogP contribution < -0.4 is 5.32 Å². The standard InChI is InChI=1S/C21H29NO2/c1-17-6-8-18(9-7-17)21(11-14-24-20(2,3)16-21)10-12-22-15-19-5-4-13-23-19/h4-9,13,22H,10-12,14-16H2,1-3H3. The number of nitrogens with one attached hydrogen (secondary N) is 1. The summed E-state index contributed by atoms with van der Waals surface area (Å²) >= 11 is 0. The highest BCUT2D eigenvalue weighted by Gasteiger charge is 2.41. The van der Waals surface area contributed by atoms with Crippen molar-refractivity contribution in [1.29, 1.82) is 0 Å². The van der Waals surface area contributed by atoms with Crippen LogP contribution in [0, 0.1) is 6.92 Å². The molecule has 0 aliphatic carbocycles. The summed E-state index contributed by atoms with van der Waals surface area (Å²) in [6.07, 6.45) is 4.99. The molecule has 1 fully saturated rings. The van der Waals surface area contributed by atoms with Crippen molar-refractivity contribution in [2.45, 2.75) is 57.6 Å². The van der Waals surface area contributed by atoms with Crippen LogP contribution in [0.25, 0.3) is 0 Å². The molecule has 0 saturated carbocycles. The number of hydrogen-bond donors (Lipinski definition) is 1. The third-order valence-electron chi connectivity index (χ3n) is 5.16. The van der Waals surface area contributed by atoms with Crippen molar-refractivity contribution in [3.05, 3.63) is 59.5 Å². The van der Waals surface area contributed by atoms with E-state index in [-0.39, 0.29) is 11.0 Å². The Morgan fingerprint density at radius 1 is 1.12 bits per heavy atom. The second-order valence-electron chi connectivity index (χ2n) is 7.69. The van der Waals surface area contributed by atoms with E-state index in [1.165, 1.54) is 11.1 Å². The smallest absolute Gasteiger partial charge is 0.117 e. The van der Waals surface area contributed by atoms with Crippen molar-refractivity contribution in [3.8, 4) is 0 Å². The summed E-state index contributed by atoms with van der Waals surface area (Å²) in [5, 5.41) is 3.53. The average molecular weight is 327 g/mol. The van der Waals surface area contributed by atoms with Crippen molar-refractivity contribution >= 4 is 0 Å². The average Bonchev–Trinajstić information content (AvgIpc) is 3.05. The maximum atomic E-state index is 6.00. The van der Waals surface area contributed by atoms with Gasteiger partial charge in [0.25, 0.3) is 0 Å². The molecule has 3 rings (SSSR count). The highest BCUT2D eigenvalue weighted by molar-refractivity contribution is 5.30.